The van der Waals surface area contributed by atoms with Crippen LogP contribution in [0.5, 0.6) is 0 Å². The zero-order valence-electron chi connectivity index (χ0n) is 8.26. The van der Waals surface area contributed by atoms with E-state index in [1.54, 1.807) is 0 Å². The van der Waals surface area contributed by atoms with Crippen LogP contribution in [0.1, 0.15) is 0 Å². The second-order valence-corrected chi connectivity index (χ2v) is 3.38. The quantitative estimate of drug-likeness (QED) is 0.523. The Morgan fingerprint density at radius 1 is 1.36 bits per heavy atom. The molecule has 0 amide bonds. The predicted molar refractivity (Wildman–Crippen MR) is 55.8 cm³/mol. The molecule has 1 fully saturated rings. The Kier molecular flexibility index (Phi) is 4.28. The third-order valence-electron chi connectivity index (χ3n) is 2.51. The summed E-state index contributed by atoms with van der Waals surface area (Å²) in [5, 5.41) is 22.4. The van der Waals surface area contributed by atoms with Crippen LogP contribution in [0, 0.1) is 0 Å². The molecule has 3 N–H and O–H groups in total. The van der Waals surface area contributed by atoms with Gasteiger partial charge in [-0.1, -0.05) is 12.7 Å². The number of rotatable bonds is 4. The molecular formula is C10H18N2O2. The summed E-state index contributed by atoms with van der Waals surface area (Å²) >= 11 is 0. The number of hydrogen-bond acceptors (Lipinski definition) is 4. The number of nitrogens with one attached hydrogen (secondary N) is 1. The van der Waals surface area contributed by atoms with E-state index in [9.17, 15) is 10.2 Å². The van der Waals surface area contributed by atoms with Crippen molar-refractivity contribution in [1.82, 2.24) is 10.2 Å². The van der Waals surface area contributed by atoms with Crippen LogP contribution in [0.15, 0.2) is 25.3 Å². The Hall–Kier alpha value is -0.680. The van der Waals surface area contributed by atoms with Crippen molar-refractivity contribution in [3.05, 3.63) is 25.3 Å². The van der Waals surface area contributed by atoms with Gasteiger partial charge in [0.2, 0.25) is 0 Å². The third-order valence-corrected chi connectivity index (χ3v) is 2.51. The van der Waals surface area contributed by atoms with Crippen LogP contribution in [0.4, 0.5) is 0 Å². The SMILES string of the molecule is C=CC(O)C1CNCCN1C(O)C=C. The molecule has 1 heterocycles. The molecule has 4 heteroatoms. The number of aliphatic hydroxyl groups excluding tert-OH is 2. The molecule has 0 aliphatic carbocycles. The summed E-state index contributed by atoms with van der Waals surface area (Å²) in [6.07, 6.45) is 1.63. The Bertz CT molecular complexity index is 186. The smallest absolute Gasteiger partial charge is 0.126 e. The first kappa shape index (κ1) is 11.4. The van der Waals surface area contributed by atoms with Crippen LogP contribution in [0.3, 0.4) is 0 Å². The monoisotopic (exact) mass is 198 g/mol. The standard InChI is InChI=1S/C10H18N2O2/c1-3-9(13)8-7-11-5-6-12(8)10(14)4-2/h3-4,8-11,13-14H,1-2,5-7H2. The van der Waals surface area contributed by atoms with Crippen molar-refractivity contribution in [2.45, 2.75) is 18.4 Å². The van der Waals surface area contributed by atoms with Crippen molar-refractivity contribution in [1.29, 1.82) is 0 Å². The molecular weight excluding hydrogens is 180 g/mol. The average Bonchev–Trinajstić information content (AvgIpc) is 2.27. The van der Waals surface area contributed by atoms with Crippen LogP contribution >= 0.6 is 0 Å². The molecule has 14 heavy (non-hydrogen) atoms. The van der Waals surface area contributed by atoms with E-state index in [-0.39, 0.29) is 6.04 Å². The summed E-state index contributed by atoms with van der Waals surface area (Å²) in [5.41, 5.74) is 0. The van der Waals surface area contributed by atoms with E-state index >= 15 is 0 Å². The van der Waals surface area contributed by atoms with E-state index < -0.39 is 12.3 Å². The Morgan fingerprint density at radius 2 is 2.07 bits per heavy atom. The van der Waals surface area contributed by atoms with Gasteiger partial charge in [0.25, 0.3) is 0 Å². The van der Waals surface area contributed by atoms with Gasteiger partial charge in [-0.25, -0.2) is 0 Å². The van der Waals surface area contributed by atoms with Gasteiger partial charge in [-0.2, -0.15) is 0 Å². The molecule has 0 radical (unpaired) electrons. The fourth-order valence-electron chi connectivity index (χ4n) is 1.68. The predicted octanol–water partition coefficient (Wildman–Crippen LogP) is -0.688. The molecule has 0 saturated carbocycles. The summed E-state index contributed by atoms with van der Waals surface area (Å²) in [4.78, 5) is 1.82. The van der Waals surface area contributed by atoms with Gasteiger partial charge in [0.05, 0.1) is 12.1 Å². The molecule has 0 bridgehead atoms. The molecule has 80 valence electrons. The van der Waals surface area contributed by atoms with Crippen LogP contribution in [-0.2, 0) is 0 Å². The van der Waals surface area contributed by atoms with Crippen molar-refractivity contribution in [3.63, 3.8) is 0 Å². The maximum atomic E-state index is 9.65. The van der Waals surface area contributed by atoms with Gasteiger partial charge >= 0.3 is 0 Å². The lowest BCUT2D eigenvalue weighted by Gasteiger charge is -2.39. The zero-order valence-corrected chi connectivity index (χ0v) is 8.26. The minimum absolute atomic E-state index is 0.130. The van der Waals surface area contributed by atoms with Crippen LogP contribution in [-0.4, -0.2) is 53.1 Å². The first-order chi connectivity index (χ1) is 6.70. The average molecular weight is 198 g/mol. The maximum absolute atomic E-state index is 9.65. The highest BCUT2D eigenvalue weighted by molar-refractivity contribution is 4.97. The summed E-state index contributed by atoms with van der Waals surface area (Å²) in [6.45, 7) is 9.24. The van der Waals surface area contributed by atoms with E-state index in [1.165, 1.54) is 12.2 Å². The lowest BCUT2D eigenvalue weighted by molar-refractivity contribution is -0.0363. The molecule has 0 aromatic rings. The van der Waals surface area contributed by atoms with Crippen LogP contribution < -0.4 is 5.32 Å². The van der Waals surface area contributed by atoms with Gasteiger partial charge < -0.3 is 15.5 Å². The maximum Gasteiger partial charge on any atom is 0.126 e. The van der Waals surface area contributed by atoms with Gasteiger partial charge in [-0.15, -0.1) is 6.58 Å². The Balaban J connectivity index is 2.67. The highest BCUT2D eigenvalue weighted by Crippen LogP contribution is 2.11. The van der Waals surface area contributed by atoms with E-state index in [2.05, 4.69) is 18.5 Å². The van der Waals surface area contributed by atoms with E-state index in [0.29, 0.717) is 13.1 Å². The van der Waals surface area contributed by atoms with Crippen molar-refractivity contribution in [2.75, 3.05) is 19.6 Å². The molecule has 1 saturated heterocycles. The number of hydrogen-bond donors (Lipinski definition) is 3. The van der Waals surface area contributed by atoms with E-state index in [0.717, 1.165) is 6.54 Å². The summed E-state index contributed by atoms with van der Waals surface area (Å²) in [7, 11) is 0. The fraction of sp³-hybridized carbons (Fsp3) is 0.600. The van der Waals surface area contributed by atoms with Crippen molar-refractivity contribution in [3.8, 4) is 0 Å². The van der Waals surface area contributed by atoms with E-state index in [4.69, 9.17) is 0 Å². The Labute approximate surface area is 84.5 Å². The third kappa shape index (κ3) is 2.42. The summed E-state index contributed by atoms with van der Waals surface area (Å²) in [6, 6.07) is -0.130. The molecule has 3 unspecified atom stereocenters. The van der Waals surface area contributed by atoms with Crippen molar-refractivity contribution >= 4 is 0 Å². The zero-order chi connectivity index (χ0) is 10.6. The first-order valence-corrected chi connectivity index (χ1v) is 4.78. The number of aliphatic hydroxyl groups is 2. The molecule has 1 aliphatic rings. The topological polar surface area (TPSA) is 55.7 Å². The molecule has 3 atom stereocenters. The highest BCUT2D eigenvalue weighted by atomic mass is 16.3. The van der Waals surface area contributed by atoms with Crippen LogP contribution in [0.2, 0.25) is 0 Å². The van der Waals surface area contributed by atoms with Gasteiger partial charge in [-0.3, -0.25) is 4.90 Å². The molecule has 0 aromatic heterocycles. The van der Waals surface area contributed by atoms with Gasteiger partial charge in [0, 0.05) is 19.6 Å². The van der Waals surface area contributed by atoms with Crippen molar-refractivity contribution < 1.29 is 10.2 Å². The van der Waals surface area contributed by atoms with Crippen molar-refractivity contribution in [2.24, 2.45) is 0 Å². The largest absolute Gasteiger partial charge is 0.387 e. The normalized spacial score (nSPS) is 28.0. The van der Waals surface area contributed by atoms with Gasteiger partial charge in [0.15, 0.2) is 0 Å². The summed E-state index contributed by atoms with van der Waals surface area (Å²) in [5.74, 6) is 0. The molecule has 1 aliphatic heterocycles. The molecule has 1 rings (SSSR count). The second-order valence-electron chi connectivity index (χ2n) is 3.38. The minimum Gasteiger partial charge on any atom is -0.387 e. The first-order valence-electron chi connectivity index (χ1n) is 4.78. The van der Waals surface area contributed by atoms with Crippen LogP contribution in [0.25, 0.3) is 0 Å². The highest BCUT2D eigenvalue weighted by Gasteiger charge is 2.29. The molecule has 4 nitrogen and oxygen atoms in total. The Morgan fingerprint density at radius 3 is 2.64 bits per heavy atom. The van der Waals surface area contributed by atoms with Gasteiger partial charge in [-0.05, 0) is 6.08 Å². The number of nitrogens with zero attached hydrogens (tertiary/aromatic N) is 1. The summed E-state index contributed by atoms with van der Waals surface area (Å²) < 4.78 is 0. The van der Waals surface area contributed by atoms with E-state index in [1.807, 2.05) is 4.90 Å². The minimum atomic E-state index is -0.698. The lowest BCUT2D eigenvalue weighted by Crippen LogP contribution is -2.58. The fourth-order valence-corrected chi connectivity index (χ4v) is 1.68. The molecule has 0 spiro atoms. The molecule has 0 aromatic carbocycles. The lowest BCUT2D eigenvalue weighted by atomic mass is 10.1. The second kappa shape index (κ2) is 5.26. The van der Waals surface area contributed by atoms with Gasteiger partial charge in [0.1, 0.15) is 6.23 Å². The number of piperazine rings is 1.